The van der Waals surface area contributed by atoms with Crippen LogP contribution in [0.1, 0.15) is 25.3 Å². The number of hydrogen-bond acceptors (Lipinski definition) is 6. The van der Waals surface area contributed by atoms with E-state index in [1.54, 1.807) is 6.07 Å². The second kappa shape index (κ2) is 5.52. The molecule has 3 heterocycles. The van der Waals surface area contributed by atoms with Crippen LogP contribution in [0.4, 0.5) is 16.2 Å². The molecule has 3 aliphatic heterocycles. The highest BCUT2D eigenvalue weighted by Crippen LogP contribution is 2.48. The molecule has 4 rings (SSSR count). The van der Waals surface area contributed by atoms with Crippen molar-refractivity contribution in [3.63, 3.8) is 0 Å². The molecule has 26 heavy (non-hydrogen) atoms. The number of non-ortho nitro benzene ring substituents is 1. The fraction of sp³-hybridized carbons (Fsp3) is 0.471. The maximum Gasteiger partial charge on any atom is 0.328 e. The number of nitrogens with zero attached hydrogens (tertiary/aromatic N) is 2. The van der Waals surface area contributed by atoms with Crippen molar-refractivity contribution in [3.05, 3.63) is 33.9 Å². The van der Waals surface area contributed by atoms with Gasteiger partial charge in [-0.25, -0.2) is 4.79 Å². The number of nitro benzene ring substituents is 1. The zero-order chi connectivity index (χ0) is 18.6. The van der Waals surface area contributed by atoms with Gasteiger partial charge in [-0.3, -0.25) is 30.3 Å². The summed E-state index contributed by atoms with van der Waals surface area (Å²) in [5.74, 6) is -0.939. The molecule has 0 bridgehead atoms. The maximum absolute atomic E-state index is 12.8. The van der Waals surface area contributed by atoms with Gasteiger partial charge in [0.1, 0.15) is 0 Å². The van der Waals surface area contributed by atoms with Crippen molar-refractivity contribution in [2.75, 3.05) is 11.4 Å². The first kappa shape index (κ1) is 16.5. The highest BCUT2D eigenvalue weighted by atomic mass is 16.6. The molecule has 2 N–H and O–H groups in total. The number of amides is 4. The molecule has 9 nitrogen and oxygen atoms in total. The lowest BCUT2D eigenvalue weighted by molar-refractivity contribution is -0.384. The predicted octanol–water partition coefficient (Wildman–Crippen LogP) is 1.11. The number of urea groups is 1. The fourth-order valence-electron chi connectivity index (χ4n) is 4.45. The molecule has 1 spiro atoms. The molecule has 4 amide bonds. The number of barbiturate groups is 1. The number of nitrogens with one attached hydrogen (secondary N) is 2. The number of benzene rings is 1. The van der Waals surface area contributed by atoms with Crippen molar-refractivity contribution in [1.29, 1.82) is 0 Å². The molecule has 2 saturated heterocycles. The molecule has 0 aromatic heterocycles. The van der Waals surface area contributed by atoms with Gasteiger partial charge < -0.3 is 4.90 Å². The normalized spacial score (nSPS) is 26.7. The average Bonchev–Trinajstić information content (AvgIpc) is 2.58. The Morgan fingerprint density at radius 3 is 2.58 bits per heavy atom. The molecule has 1 aromatic carbocycles. The quantitative estimate of drug-likeness (QED) is 0.440. The van der Waals surface area contributed by atoms with Crippen LogP contribution >= 0.6 is 0 Å². The summed E-state index contributed by atoms with van der Waals surface area (Å²) in [7, 11) is 0. The number of rotatable bonds is 1. The Bertz CT molecular complexity index is 832. The first-order valence-electron chi connectivity index (χ1n) is 8.54. The SMILES string of the molecule is C[C@H]1CCN2c3ccc([N+](=O)[O-])cc3CC3(C(=O)NC(=O)NC3=O)[C@H]2C1. The lowest BCUT2D eigenvalue weighted by Gasteiger charge is -2.53. The van der Waals surface area contributed by atoms with E-state index in [0.717, 1.165) is 12.1 Å². The van der Waals surface area contributed by atoms with Crippen molar-refractivity contribution in [2.45, 2.75) is 32.2 Å². The molecule has 9 heteroatoms. The summed E-state index contributed by atoms with van der Waals surface area (Å²) < 4.78 is 0. The lowest BCUT2D eigenvalue weighted by Crippen LogP contribution is -2.72. The number of piperidine rings is 1. The molecular weight excluding hydrogens is 340 g/mol. The van der Waals surface area contributed by atoms with Gasteiger partial charge in [0.2, 0.25) is 11.8 Å². The van der Waals surface area contributed by atoms with Crippen molar-refractivity contribution in [3.8, 4) is 0 Å². The summed E-state index contributed by atoms with van der Waals surface area (Å²) in [5.41, 5.74) is -0.166. The van der Waals surface area contributed by atoms with Crippen LogP contribution < -0.4 is 15.5 Å². The highest BCUT2D eigenvalue weighted by molar-refractivity contribution is 6.20. The molecule has 136 valence electrons. The summed E-state index contributed by atoms with van der Waals surface area (Å²) in [6, 6.07) is 3.32. The average molecular weight is 358 g/mol. The van der Waals surface area contributed by atoms with Crippen LogP contribution in [0.5, 0.6) is 0 Å². The molecule has 0 aliphatic carbocycles. The number of imide groups is 2. The Labute approximate surface area is 148 Å². The van der Waals surface area contributed by atoms with Crippen LogP contribution in [0.25, 0.3) is 0 Å². The molecule has 0 saturated carbocycles. The maximum atomic E-state index is 12.8. The Morgan fingerprint density at radius 2 is 1.92 bits per heavy atom. The van der Waals surface area contributed by atoms with Gasteiger partial charge >= 0.3 is 6.03 Å². The zero-order valence-corrected chi connectivity index (χ0v) is 14.2. The Balaban J connectivity index is 1.88. The Kier molecular flexibility index (Phi) is 3.50. The predicted molar refractivity (Wildman–Crippen MR) is 90.4 cm³/mol. The summed E-state index contributed by atoms with van der Waals surface area (Å²) in [5, 5.41) is 15.6. The monoisotopic (exact) mass is 358 g/mol. The summed E-state index contributed by atoms with van der Waals surface area (Å²) >= 11 is 0. The van der Waals surface area contributed by atoms with Gasteiger partial charge in [-0.15, -0.1) is 0 Å². The van der Waals surface area contributed by atoms with Crippen molar-refractivity contribution < 1.29 is 19.3 Å². The minimum Gasteiger partial charge on any atom is -0.367 e. The zero-order valence-electron chi connectivity index (χ0n) is 14.2. The lowest BCUT2D eigenvalue weighted by atomic mass is 9.65. The highest BCUT2D eigenvalue weighted by Gasteiger charge is 2.60. The van der Waals surface area contributed by atoms with E-state index in [-0.39, 0.29) is 12.1 Å². The third-order valence-corrected chi connectivity index (χ3v) is 5.75. The molecule has 2 atom stereocenters. The van der Waals surface area contributed by atoms with E-state index in [1.807, 2.05) is 4.90 Å². The number of carbonyl (C=O) groups is 3. The first-order chi connectivity index (χ1) is 12.3. The largest absolute Gasteiger partial charge is 0.367 e. The second-order valence-electron chi connectivity index (χ2n) is 7.29. The van der Waals surface area contributed by atoms with Crippen molar-refractivity contribution in [1.82, 2.24) is 10.6 Å². The number of carbonyl (C=O) groups excluding carboxylic acids is 3. The molecule has 0 radical (unpaired) electrons. The van der Waals surface area contributed by atoms with E-state index in [9.17, 15) is 24.5 Å². The molecule has 1 aromatic rings. The van der Waals surface area contributed by atoms with Crippen LogP contribution in [-0.4, -0.2) is 35.4 Å². The van der Waals surface area contributed by atoms with Gasteiger partial charge in [0.25, 0.3) is 5.69 Å². The topological polar surface area (TPSA) is 122 Å². The smallest absolute Gasteiger partial charge is 0.328 e. The van der Waals surface area contributed by atoms with Crippen LogP contribution in [-0.2, 0) is 16.0 Å². The number of fused-ring (bicyclic) bond motifs is 4. The van der Waals surface area contributed by atoms with Gasteiger partial charge in [0.05, 0.1) is 11.0 Å². The van der Waals surface area contributed by atoms with E-state index in [2.05, 4.69) is 17.6 Å². The van der Waals surface area contributed by atoms with Crippen molar-refractivity contribution >= 4 is 29.2 Å². The van der Waals surface area contributed by atoms with E-state index in [4.69, 9.17) is 0 Å². The number of hydrogen-bond donors (Lipinski definition) is 2. The minimum atomic E-state index is -1.47. The van der Waals surface area contributed by atoms with E-state index < -0.39 is 34.2 Å². The van der Waals surface area contributed by atoms with E-state index in [0.29, 0.717) is 24.4 Å². The molecule has 3 aliphatic rings. The number of anilines is 1. The molecule has 0 unspecified atom stereocenters. The van der Waals surface area contributed by atoms with Gasteiger partial charge in [0, 0.05) is 30.8 Å². The summed E-state index contributed by atoms with van der Waals surface area (Å²) in [4.78, 5) is 49.9. The summed E-state index contributed by atoms with van der Waals surface area (Å²) in [6.45, 7) is 2.72. The van der Waals surface area contributed by atoms with Gasteiger partial charge in [-0.2, -0.15) is 0 Å². The third-order valence-electron chi connectivity index (χ3n) is 5.75. The van der Waals surface area contributed by atoms with Crippen LogP contribution in [0.2, 0.25) is 0 Å². The third kappa shape index (κ3) is 2.19. The van der Waals surface area contributed by atoms with Crippen LogP contribution in [0.3, 0.4) is 0 Å². The Morgan fingerprint density at radius 1 is 1.23 bits per heavy atom. The van der Waals surface area contributed by atoms with Gasteiger partial charge in [0.15, 0.2) is 5.41 Å². The van der Waals surface area contributed by atoms with Gasteiger partial charge in [-0.1, -0.05) is 6.92 Å². The number of nitro groups is 1. The fourth-order valence-corrected chi connectivity index (χ4v) is 4.45. The van der Waals surface area contributed by atoms with Crippen molar-refractivity contribution in [2.24, 2.45) is 11.3 Å². The van der Waals surface area contributed by atoms with Crippen LogP contribution in [0.15, 0.2) is 18.2 Å². The minimum absolute atomic E-state index is 0.0306. The van der Waals surface area contributed by atoms with E-state index in [1.165, 1.54) is 12.1 Å². The standard InChI is InChI=1S/C17H18N4O5/c1-9-4-5-20-12-3-2-11(21(25)26)7-10(12)8-17(13(20)6-9)14(22)18-16(24)19-15(17)23/h2-3,7,9,13H,4-6,8H2,1H3,(H2,18,19,22,23,24)/t9-,13+/m0/s1. The van der Waals surface area contributed by atoms with Gasteiger partial charge in [-0.05, 0) is 30.4 Å². The van der Waals surface area contributed by atoms with E-state index >= 15 is 0 Å². The van der Waals surface area contributed by atoms with Crippen LogP contribution in [0, 0.1) is 21.4 Å². The first-order valence-corrected chi connectivity index (χ1v) is 8.54. The molecular formula is C17H18N4O5. The summed E-state index contributed by atoms with van der Waals surface area (Å²) in [6.07, 6.45) is 1.56. The second-order valence-corrected chi connectivity index (χ2v) is 7.29. The Hall–Kier alpha value is -2.97. The molecule has 2 fully saturated rings.